The average Bonchev–Trinajstić information content (AvgIpc) is 2.39. The summed E-state index contributed by atoms with van der Waals surface area (Å²) in [5.41, 5.74) is 8.62. The number of hydrogen-bond donors (Lipinski definition) is 1. The predicted molar refractivity (Wildman–Crippen MR) is 90.1 cm³/mol. The molecule has 0 aliphatic rings. The van der Waals surface area contributed by atoms with Crippen molar-refractivity contribution in [3.63, 3.8) is 0 Å². The zero-order chi connectivity index (χ0) is 14.5. The van der Waals surface area contributed by atoms with Gasteiger partial charge in [-0.05, 0) is 48.7 Å². The molecule has 1 atom stereocenters. The van der Waals surface area contributed by atoms with E-state index in [4.69, 9.17) is 10.5 Å². The molecular weight excluding hydrogens is 382 g/mol. The molecule has 2 aromatic rings. The van der Waals surface area contributed by atoms with Gasteiger partial charge in [-0.15, -0.1) is 0 Å². The molecule has 4 heteroatoms. The first kappa shape index (κ1) is 15.5. The topological polar surface area (TPSA) is 35.2 Å². The molecule has 2 rings (SSSR count). The van der Waals surface area contributed by atoms with Crippen molar-refractivity contribution < 1.29 is 4.74 Å². The molecule has 2 nitrogen and oxygen atoms in total. The maximum atomic E-state index is 6.32. The summed E-state index contributed by atoms with van der Waals surface area (Å²) < 4.78 is 7.55. The van der Waals surface area contributed by atoms with Gasteiger partial charge in [0.1, 0.15) is 5.75 Å². The third kappa shape index (κ3) is 4.08. The number of benzene rings is 2. The summed E-state index contributed by atoms with van der Waals surface area (Å²) in [7, 11) is 0. The second kappa shape index (κ2) is 7.25. The summed E-state index contributed by atoms with van der Waals surface area (Å²) in [6, 6.07) is 14.1. The quantitative estimate of drug-likeness (QED) is 0.780. The van der Waals surface area contributed by atoms with E-state index in [2.05, 4.69) is 44.0 Å². The van der Waals surface area contributed by atoms with Crippen LogP contribution in [0.3, 0.4) is 0 Å². The average molecular weight is 399 g/mol. The lowest BCUT2D eigenvalue weighted by Crippen LogP contribution is -2.14. The second-order valence-corrected chi connectivity index (χ2v) is 6.33. The Morgan fingerprint density at radius 3 is 2.60 bits per heavy atom. The smallest absolute Gasteiger partial charge is 0.120 e. The molecule has 0 aliphatic heterocycles. The Morgan fingerprint density at radius 1 is 1.15 bits per heavy atom. The summed E-state index contributed by atoms with van der Waals surface area (Å²) in [6.07, 6.45) is 0.798. The third-order valence-corrected chi connectivity index (χ3v) is 4.21. The molecule has 20 heavy (non-hydrogen) atoms. The fourth-order valence-corrected chi connectivity index (χ4v) is 3.19. The predicted octanol–water partition coefficient (Wildman–Crippen LogP) is 4.85. The van der Waals surface area contributed by atoms with Crippen LogP contribution in [-0.4, -0.2) is 6.61 Å². The monoisotopic (exact) mass is 397 g/mol. The minimum atomic E-state index is -0.0469. The van der Waals surface area contributed by atoms with E-state index in [0.717, 1.165) is 26.7 Å². The van der Waals surface area contributed by atoms with Crippen molar-refractivity contribution in [2.75, 3.05) is 6.61 Å². The van der Waals surface area contributed by atoms with Gasteiger partial charge < -0.3 is 10.5 Å². The van der Waals surface area contributed by atoms with Crippen LogP contribution in [-0.2, 0) is 6.42 Å². The first-order chi connectivity index (χ1) is 9.60. The molecule has 0 radical (unpaired) electrons. The van der Waals surface area contributed by atoms with Gasteiger partial charge in [-0.25, -0.2) is 0 Å². The van der Waals surface area contributed by atoms with Crippen LogP contribution in [0, 0.1) is 0 Å². The maximum absolute atomic E-state index is 6.32. The summed E-state index contributed by atoms with van der Waals surface area (Å²) in [6.45, 7) is 2.64. The molecule has 0 amide bonds. The van der Waals surface area contributed by atoms with Gasteiger partial charge in [0.05, 0.1) is 6.61 Å². The van der Waals surface area contributed by atoms with E-state index in [0.29, 0.717) is 6.61 Å². The van der Waals surface area contributed by atoms with E-state index in [1.807, 2.05) is 37.3 Å². The van der Waals surface area contributed by atoms with Gasteiger partial charge in [-0.2, -0.15) is 0 Å². The Balaban J connectivity index is 2.14. The molecule has 1 unspecified atom stereocenters. The van der Waals surface area contributed by atoms with Crippen LogP contribution < -0.4 is 10.5 Å². The summed E-state index contributed by atoms with van der Waals surface area (Å²) >= 11 is 7.06. The van der Waals surface area contributed by atoms with E-state index in [1.54, 1.807) is 0 Å². The fraction of sp³-hybridized carbons (Fsp3) is 0.250. The minimum Gasteiger partial charge on any atom is -0.494 e. The lowest BCUT2D eigenvalue weighted by atomic mass is 10.00. The molecule has 0 aliphatic carbocycles. The van der Waals surface area contributed by atoms with Gasteiger partial charge in [0.15, 0.2) is 0 Å². The number of halogens is 2. The Bertz CT molecular complexity index is 586. The highest BCUT2D eigenvalue weighted by Gasteiger charge is 2.12. The highest BCUT2D eigenvalue weighted by atomic mass is 79.9. The number of hydrogen-bond acceptors (Lipinski definition) is 2. The molecule has 2 aromatic carbocycles. The van der Waals surface area contributed by atoms with Crippen LogP contribution in [0.2, 0.25) is 0 Å². The molecule has 0 fully saturated rings. The van der Waals surface area contributed by atoms with Gasteiger partial charge >= 0.3 is 0 Å². The number of nitrogens with two attached hydrogens (primary N) is 1. The van der Waals surface area contributed by atoms with Crippen LogP contribution in [0.5, 0.6) is 5.75 Å². The molecule has 106 valence electrons. The van der Waals surface area contributed by atoms with E-state index in [9.17, 15) is 0 Å². The molecule has 0 heterocycles. The third-order valence-electron chi connectivity index (χ3n) is 3.03. The van der Waals surface area contributed by atoms with E-state index < -0.39 is 0 Å². The Kier molecular flexibility index (Phi) is 5.64. The summed E-state index contributed by atoms with van der Waals surface area (Å²) in [5.74, 6) is 0.859. The zero-order valence-corrected chi connectivity index (χ0v) is 14.4. The first-order valence-electron chi connectivity index (χ1n) is 6.52. The van der Waals surface area contributed by atoms with E-state index >= 15 is 0 Å². The minimum absolute atomic E-state index is 0.0469. The fourth-order valence-electron chi connectivity index (χ4n) is 2.09. The lowest BCUT2D eigenvalue weighted by Gasteiger charge is -2.15. The van der Waals surface area contributed by atoms with Crippen molar-refractivity contribution in [2.45, 2.75) is 19.4 Å². The Labute approximate surface area is 136 Å². The highest BCUT2D eigenvalue weighted by molar-refractivity contribution is 9.10. The number of rotatable bonds is 5. The van der Waals surface area contributed by atoms with Crippen molar-refractivity contribution in [3.8, 4) is 5.75 Å². The van der Waals surface area contributed by atoms with Crippen LogP contribution in [0.4, 0.5) is 0 Å². The van der Waals surface area contributed by atoms with Crippen LogP contribution in [0.15, 0.2) is 51.4 Å². The summed E-state index contributed by atoms with van der Waals surface area (Å²) in [4.78, 5) is 0. The molecule has 2 N–H and O–H groups in total. The van der Waals surface area contributed by atoms with Crippen molar-refractivity contribution in [1.82, 2.24) is 0 Å². The Hall–Kier alpha value is -0.840. The van der Waals surface area contributed by atoms with Crippen LogP contribution >= 0.6 is 31.9 Å². The van der Waals surface area contributed by atoms with Crippen molar-refractivity contribution >= 4 is 31.9 Å². The molecule has 0 saturated carbocycles. The first-order valence-corrected chi connectivity index (χ1v) is 8.11. The Morgan fingerprint density at radius 2 is 1.95 bits per heavy atom. The lowest BCUT2D eigenvalue weighted by molar-refractivity contribution is 0.340. The molecular formula is C16H17Br2NO. The van der Waals surface area contributed by atoms with E-state index in [-0.39, 0.29) is 6.04 Å². The number of ether oxygens (including phenoxy) is 1. The van der Waals surface area contributed by atoms with Crippen LogP contribution in [0.1, 0.15) is 24.1 Å². The molecule has 0 spiro atoms. The standard InChI is InChI=1S/C16H17Br2NO/c1-2-20-13-6-7-14(15(18)10-13)16(19)9-11-4-3-5-12(17)8-11/h3-8,10,16H,2,9,19H2,1H3. The van der Waals surface area contributed by atoms with Gasteiger partial charge in [0, 0.05) is 15.0 Å². The normalized spacial score (nSPS) is 12.2. The zero-order valence-electron chi connectivity index (χ0n) is 11.3. The largest absolute Gasteiger partial charge is 0.494 e. The van der Waals surface area contributed by atoms with Gasteiger partial charge in [-0.1, -0.05) is 50.1 Å². The highest BCUT2D eigenvalue weighted by Crippen LogP contribution is 2.29. The van der Waals surface area contributed by atoms with Gasteiger partial charge in [0.2, 0.25) is 0 Å². The van der Waals surface area contributed by atoms with Crippen molar-refractivity contribution in [3.05, 3.63) is 62.5 Å². The van der Waals surface area contributed by atoms with E-state index in [1.165, 1.54) is 5.56 Å². The SMILES string of the molecule is CCOc1ccc(C(N)Cc2cccc(Br)c2)c(Br)c1. The van der Waals surface area contributed by atoms with Crippen molar-refractivity contribution in [1.29, 1.82) is 0 Å². The van der Waals surface area contributed by atoms with Gasteiger partial charge in [-0.3, -0.25) is 0 Å². The summed E-state index contributed by atoms with van der Waals surface area (Å²) in [5, 5.41) is 0. The maximum Gasteiger partial charge on any atom is 0.120 e. The second-order valence-electron chi connectivity index (χ2n) is 4.56. The van der Waals surface area contributed by atoms with Crippen LogP contribution in [0.25, 0.3) is 0 Å². The molecule has 0 aromatic heterocycles. The molecule has 0 saturated heterocycles. The molecule has 0 bridgehead atoms. The van der Waals surface area contributed by atoms with Crippen molar-refractivity contribution in [2.24, 2.45) is 5.73 Å². The van der Waals surface area contributed by atoms with Gasteiger partial charge in [0.25, 0.3) is 0 Å².